The minimum atomic E-state index is -0.967. The number of hydrogen-bond acceptors (Lipinski definition) is 4. The normalized spacial score (nSPS) is 27.8. The summed E-state index contributed by atoms with van der Waals surface area (Å²) in [5.41, 5.74) is 3.54. The van der Waals surface area contributed by atoms with Crippen molar-refractivity contribution < 1.29 is 19.7 Å². The third kappa shape index (κ3) is 2.66. The third-order valence-corrected chi connectivity index (χ3v) is 5.44. The molecule has 0 heterocycles. The van der Waals surface area contributed by atoms with Gasteiger partial charge in [-0.3, -0.25) is 4.79 Å². The predicted molar refractivity (Wildman–Crippen MR) is 94.1 cm³/mol. The smallest absolute Gasteiger partial charge is 0.166 e. The van der Waals surface area contributed by atoms with Gasteiger partial charge in [-0.2, -0.15) is 0 Å². The van der Waals surface area contributed by atoms with E-state index in [9.17, 15) is 15.0 Å². The molecule has 0 unspecified atom stereocenters. The zero-order valence-electron chi connectivity index (χ0n) is 14.5. The van der Waals surface area contributed by atoms with Crippen molar-refractivity contribution in [2.75, 3.05) is 7.11 Å². The lowest BCUT2D eigenvalue weighted by Gasteiger charge is -2.29. The van der Waals surface area contributed by atoms with Crippen molar-refractivity contribution in [3.8, 4) is 5.75 Å². The van der Waals surface area contributed by atoms with Crippen molar-refractivity contribution in [1.82, 2.24) is 0 Å². The summed E-state index contributed by atoms with van der Waals surface area (Å²) in [5, 5.41) is 20.7. The molecule has 2 N–H and O–H groups in total. The maximum Gasteiger partial charge on any atom is 0.166 e. The molecular formula is C21H22O4. The van der Waals surface area contributed by atoms with Gasteiger partial charge in [0.1, 0.15) is 5.75 Å². The second-order valence-electron chi connectivity index (χ2n) is 7.46. The second kappa shape index (κ2) is 5.68. The fraction of sp³-hybridized carbons (Fsp3) is 0.381. The molecule has 25 heavy (non-hydrogen) atoms. The Morgan fingerprint density at radius 1 is 1.20 bits per heavy atom. The lowest BCUT2D eigenvalue weighted by atomic mass is 9.79. The Hall–Kier alpha value is -2.17. The van der Waals surface area contributed by atoms with Gasteiger partial charge in [-0.1, -0.05) is 24.3 Å². The number of hydrogen-bond donors (Lipinski definition) is 2. The first-order chi connectivity index (χ1) is 11.9. The van der Waals surface area contributed by atoms with Crippen molar-refractivity contribution in [2.24, 2.45) is 0 Å². The number of fused-ring (bicyclic) bond motifs is 2. The van der Waals surface area contributed by atoms with Gasteiger partial charge in [0.25, 0.3) is 0 Å². The van der Waals surface area contributed by atoms with Gasteiger partial charge in [-0.25, -0.2) is 0 Å². The molecule has 0 aliphatic heterocycles. The van der Waals surface area contributed by atoms with Crippen LogP contribution >= 0.6 is 0 Å². The Balaban J connectivity index is 1.79. The number of aliphatic hydroxyl groups excluding tert-OH is 1. The number of carbonyl (C=O) groups excluding carboxylic acids is 1. The highest BCUT2D eigenvalue weighted by Crippen LogP contribution is 2.48. The molecule has 4 heteroatoms. The van der Waals surface area contributed by atoms with E-state index in [1.54, 1.807) is 14.0 Å². The van der Waals surface area contributed by atoms with Crippen LogP contribution in [0.1, 0.15) is 64.4 Å². The summed E-state index contributed by atoms with van der Waals surface area (Å²) >= 11 is 0. The molecule has 2 aliphatic carbocycles. The van der Waals surface area contributed by atoms with E-state index in [2.05, 4.69) is 0 Å². The maximum absolute atomic E-state index is 12.5. The Kier molecular flexibility index (Phi) is 3.71. The van der Waals surface area contributed by atoms with Gasteiger partial charge in [0, 0.05) is 29.9 Å². The molecule has 0 radical (unpaired) electrons. The summed E-state index contributed by atoms with van der Waals surface area (Å²) < 4.78 is 5.51. The highest BCUT2D eigenvalue weighted by atomic mass is 16.5. The zero-order chi connectivity index (χ0) is 17.8. The molecule has 2 aromatic rings. The Morgan fingerprint density at radius 2 is 2.00 bits per heavy atom. The summed E-state index contributed by atoms with van der Waals surface area (Å²) in [7, 11) is 1.63. The molecule has 4 rings (SSSR count). The predicted octanol–water partition coefficient (Wildman–Crippen LogP) is 3.14. The van der Waals surface area contributed by atoms with Gasteiger partial charge in [0.05, 0.1) is 18.8 Å². The van der Waals surface area contributed by atoms with Gasteiger partial charge in [0.15, 0.2) is 5.78 Å². The summed E-state index contributed by atoms with van der Waals surface area (Å²) in [5.74, 6) is 0.750. The van der Waals surface area contributed by atoms with Crippen LogP contribution in [-0.4, -0.2) is 28.7 Å². The van der Waals surface area contributed by atoms with Crippen molar-refractivity contribution in [3.05, 3.63) is 64.2 Å². The second-order valence-corrected chi connectivity index (χ2v) is 7.46. The van der Waals surface area contributed by atoms with E-state index in [-0.39, 0.29) is 18.1 Å². The molecule has 0 fully saturated rings. The average Bonchev–Trinajstić information content (AvgIpc) is 2.91. The molecule has 0 amide bonds. The Morgan fingerprint density at radius 3 is 2.76 bits per heavy atom. The van der Waals surface area contributed by atoms with Gasteiger partial charge in [-0.05, 0) is 42.2 Å². The first-order valence-corrected chi connectivity index (χ1v) is 8.63. The standard InChI is InChI=1S/C21H22O4/c1-21(24)10-13-7-6-12(8-15(13)18(23)11-21)16-9-17(22)14-4-3-5-19(25-2)20(14)16/h3-8,16-17,22,24H,9-11H2,1-2H3/t16-,17+,21+/m0/s1. The van der Waals surface area contributed by atoms with E-state index in [0.29, 0.717) is 18.4 Å². The molecule has 2 aromatic carbocycles. The van der Waals surface area contributed by atoms with E-state index in [1.807, 2.05) is 36.4 Å². The molecule has 4 nitrogen and oxygen atoms in total. The van der Waals surface area contributed by atoms with Crippen LogP contribution in [-0.2, 0) is 6.42 Å². The van der Waals surface area contributed by atoms with Crippen LogP contribution in [0.15, 0.2) is 36.4 Å². The summed E-state index contributed by atoms with van der Waals surface area (Å²) in [6.45, 7) is 1.70. The highest BCUT2D eigenvalue weighted by Gasteiger charge is 2.36. The Labute approximate surface area is 147 Å². The first kappa shape index (κ1) is 16.3. The lowest BCUT2D eigenvalue weighted by Crippen LogP contribution is -2.35. The van der Waals surface area contributed by atoms with Crippen LogP contribution in [0.2, 0.25) is 0 Å². The number of rotatable bonds is 2. The van der Waals surface area contributed by atoms with Gasteiger partial charge in [0.2, 0.25) is 0 Å². The number of benzene rings is 2. The van der Waals surface area contributed by atoms with E-state index in [1.165, 1.54) is 0 Å². The molecule has 3 atom stereocenters. The SMILES string of the molecule is COc1cccc2c1[C@H](c1ccc3c(c1)C(=O)C[C@](C)(O)C3)C[C@H]2O. The summed E-state index contributed by atoms with van der Waals surface area (Å²) in [6.07, 6.45) is 0.695. The number of methoxy groups -OCH3 is 1. The van der Waals surface area contributed by atoms with E-state index in [4.69, 9.17) is 4.74 Å². The first-order valence-electron chi connectivity index (χ1n) is 8.63. The van der Waals surface area contributed by atoms with E-state index in [0.717, 1.165) is 28.0 Å². The molecule has 2 aliphatic rings. The molecule has 130 valence electrons. The maximum atomic E-state index is 12.5. The topological polar surface area (TPSA) is 66.8 Å². The largest absolute Gasteiger partial charge is 0.496 e. The lowest BCUT2D eigenvalue weighted by molar-refractivity contribution is 0.0411. The fourth-order valence-corrected chi connectivity index (χ4v) is 4.31. The van der Waals surface area contributed by atoms with Crippen LogP contribution in [0.25, 0.3) is 0 Å². The van der Waals surface area contributed by atoms with Crippen molar-refractivity contribution in [1.29, 1.82) is 0 Å². The van der Waals surface area contributed by atoms with E-state index >= 15 is 0 Å². The summed E-state index contributed by atoms with van der Waals surface area (Å²) in [6, 6.07) is 11.6. The zero-order valence-corrected chi connectivity index (χ0v) is 14.5. The molecule has 0 bridgehead atoms. The monoisotopic (exact) mass is 338 g/mol. The minimum Gasteiger partial charge on any atom is -0.496 e. The number of ether oxygens (including phenoxy) is 1. The molecule has 0 saturated carbocycles. The van der Waals surface area contributed by atoms with Crippen LogP contribution in [0.5, 0.6) is 5.75 Å². The van der Waals surface area contributed by atoms with Crippen molar-refractivity contribution in [2.45, 2.75) is 43.8 Å². The quantitative estimate of drug-likeness (QED) is 0.883. The van der Waals surface area contributed by atoms with Crippen LogP contribution in [0, 0.1) is 0 Å². The number of Topliss-reactive ketones (excluding diaryl/α,β-unsaturated/α-hetero) is 1. The average molecular weight is 338 g/mol. The van der Waals surface area contributed by atoms with E-state index < -0.39 is 11.7 Å². The van der Waals surface area contributed by atoms with Crippen molar-refractivity contribution in [3.63, 3.8) is 0 Å². The summed E-state index contributed by atoms with van der Waals surface area (Å²) in [4.78, 5) is 12.5. The van der Waals surface area contributed by atoms with Gasteiger partial charge in [-0.15, -0.1) is 0 Å². The number of carbonyl (C=O) groups is 1. The van der Waals surface area contributed by atoms with Crippen molar-refractivity contribution >= 4 is 5.78 Å². The molecule has 0 spiro atoms. The number of ketones is 1. The van der Waals surface area contributed by atoms with Gasteiger partial charge >= 0.3 is 0 Å². The molecular weight excluding hydrogens is 316 g/mol. The Bertz CT molecular complexity index is 853. The fourth-order valence-electron chi connectivity index (χ4n) is 4.31. The third-order valence-electron chi connectivity index (χ3n) is 5.44. The highest BCUT2D eigenvalue weighted by molar-refractivity contribution is 5.99. The molecule has 0 aromatic heterocycles. The van der Waals surface area contributed by atoms with Crippen LogP contribution in [0.4, 0.5) is 0 Å². The molecule has 0 saturated heterocycles. The minimum absolute atomic E-state index is 0.00156. The van der Waals surface area contributed by atoms with Crippen LogP contribution in [0.3, 0.4) is 0 Å². The van der Waals surface area contributed by atoms with Crippen LogP contribution < -0.4 is 4.74 Å². The van der Waals surface area contributed by atoms with Gasteiger partial charge < -0.3 is 14.9 Å². The number of aliphatic hydroxyl groups is 2.